The van der Waals surface area contributed by atoms with Crippen molar-refractivity contribution in [2.45, 2.75) is 29.2 Å². The zero-order valence-corrected chi connectivity index (χ0v) is 21.6. The Morgan fingerprint density at radius 2 is 1.81 bits per heavy atom. The number of hydrogen-bond acceptors (Lipinski definition) is 6. The summed E-state index contributed by atoms with van der Waals surface area (Å²) in [5.74, 6) is -0.0312. The average molecular weight is 559 g/mol. The highest BCUT2D eigenvalue weighted by atomic mass is 35.5. The minimum absolute atomic E-state index is 0.00666. The smallest absolute Gasteiger partial charge is 0.416 e. The van der Waals surface area contributed by atoms with Gasteiger partial charge in [0, 0.05) is 23.5 Å². The van der Waals surface area contributed by atoms with Gasteiger partial charge in [-0.3, -0.25) is 9.69 Å². The molecule has 37 heavy (non-hydrogen) atoms. The monoisotopic (exact) mass is 558 g/mol. The van der Waals surface area contributed by atoms with E-state index in [2.05, 4.69) is 10.2 Å². The fraction of sp³-hybridized carbons (Fsp3) is 0.480. The van der Waals surface area contributed by atoms with Crippen molar-refractivity contribution in [1.29, 1.82) is 0 Å². The van der Waals surface area contributed by atoms with Gasteiger partial charge in [-0.15, -0.1) is 0 Å². The maximum Gasteiger partial charge on any atom is 0.416 e. The van der Waals surface area contributed by atoms with Crippen molar-refractivity contribution in [2.24, 2.45) is 0 Å². The van der Waals surface area contributed by atoms with Gasteiger partial charge in [-0.25, -0.2) is 8.42 Å². The number of nitrogens with one attached hydrogen (secondary N) is 1. The Labute approximate surface area is 217 Å². The van der Waals surface area contributed by atoms with E-state index < -0.39 is 31.7 Å². The predicted octanol–water partition coefficient (Wildman–Crippen LogP) is 3.99. The van der Waals surface area contributed by atoms with Gasteiger partial charge in [-0.1, -0.05) is 17.7 Å². The molecular formula is C25H26ClF3N2O5S. The van der Waals surface area contributed by atoms with E-state index in [4.69, 9.17) is 21.1 Å². The summed E-state index contributed by atoms with van der Waals surface area (Å²) in [7, 11) is -3.85. The molecule has 0 atom stereocenters. The van der Waals surface area contributed by atoms with Gasteiger partial charge < -0.3 is 14.8 Å². The molecule has 3 aliphatic rings. The van der Waals surface area contributed by atoms with E-state index in [-0.39, 0.29) is 37.0 Å². The molecule has 2 fully saturated rings. The Kier molecular flexibility index (Phi) is 6.49. The van der Waals surface area contributed by atoms with E-state index in [0.29, 0.717) is 37.5 Å². The second-order valence-electron chi connectivity index (χ2n) is 9.88. The normalized spacial score (nSPS) is 20.8. The van der Waals surface area contributed by atoms with E-state index in [1.165, 1.54) is 12.1 Å². The molecule has 1 spiro atoms. The van der Waals surface area contributed by atoms with Gasteiger partial charge in [-0.05, 0) is 67.4 Å². The van der Waals surface area contributed by atoms with Gasteiger partial charge in [0.25, 0.3) is 0 Å². The van der Waals surface area contributed by atoms with Crippen LogP contribution >= 0.6 is 11.6 Å². The van der Waals surface area contributed by atoms with Crippen LogP contribution in [0.2, 0.25) is 5.02 Å². The van der Waals surface area contributed by atoms with Crippen LogP contribution in [0.3, 0.4) is 0 Å². The molecule has 1 amide bonds. The van der Waals surface area contributed by atoms with Crippen molar-refractivity contribution >= 4 is 33.0 Å². The summed E-state index contributed by atoms with van der Waals surface area (Å²) < 4.78 is 75.2. The van der Waals surface area contributed by atoms with Crippen molar-refractivity contribution in [3.63, 3.8) is 0 Å². The molecule has 12 heteroatoms. The van der Waals surface area contributed by atoms with Crippen molar-refractivity contribution < 1.29 is 35.9 Å². The topological polar surface area (TPSA) is 84.9 Å². The summed E-state index contributed by atoms with van der Waals surface area (Å²) in [6, 6.07) is 8.78. The lowest BCUT2D eigenvalue weighted by Gasteiger charge is -2.41. The van der Waals surface area contributed by atoms with Crippen molar-refractivity contribution in [2.75, 3.05) is 51.0 Å². The van der Waals surface area contributed by atoms with Gasteiger partial charge in [0.1, 0.15) is 17.1 Å². The molecular weight excluding hydrogens is 533 g/mol. The lowest BCUT2D eigenvalue weighted by Crippen LogP contribution is -2.53. The Hall–Kier alpha value is -2.34. The molecule has 2 aromatic rings. The Bertz CT molecular complexity index is 1340. The number of benzene rings is 2. The number of fused-ring (bicyclic) bond motifs is 2. The van der Waals surface area contributed by atoms with Gasteiger partial charge in [0.05, 0.1) is 24.2 Å². The third-order valence-electron chi connectivity index (χ3n) is 7.73. The first kappa shape index (κ1) is 26.3. The van der Waals surface area contributed by atoms with Crippen LogP contribution in [0.15, 0.2) is 36.4 Å². The molecule has 7 nitrogen and oxygen atoms in total. The zero-order chi connectivity index (χ0) is 26.6. The number of ether oxygens (including phenoxy) is 2. The van der Waals surface area contributed by atoms with Crippen LogP contribution in [0.25, 0.3) is 0 Å². The number of likely N-dealkylation sites (tertiary alicyclic amines) is 1. The summed E-state index contributed by atoms with van der Waals surface area (Å²) in [6.07, 6.45) is -2.65. The third kappa shape index (κ3) is 4.49. The first-order valence-corrected chi connectivity index (χ1v) is 14.1. The standard InChI is InChI=1S/C25H26ClF3N2O5S/c1-37(33,34)24(14-35-15-24)18-4-3-17(13-19(18)25(27,28)29)36-11-10-31-8-6-23(7-9-31)20-12-16(26)2-5-21(20)30-22(23)32/h2-5,12-13H,6-11,14-15H2,1H3,(H,30,32). The Balaban J connectivity index is 1.24. The second-order valence-corrected chi connectivity index (χ2v) is 12.6. The number of hydrogen-bond donors (Lipinski definition) is 1. The minimum atomic E-state index is -4.76. The van der Waals surface area contributed by atoms with Crippen LogP contribution in [-0.4, -0.2) is 64.9 Å². The van der Waals surface area contributed by atoms with Crippen LogP contribution in [0, 0.1) is 0 Å². The summed E-state index contributed by atoms with van der Waals surface area (Å²) in [5, 5.41) is 3.51. The molecule has 5 rings (SSSR count). The third-order valence-corrected chi connectivity index (χ3v) is 9.84. The molecule has 0 aromatic heterocycles. The minimum Gasteiger partial charge on any atom is -0.492 e. The molecule has 0 saturated carbocycles. The van der Waals surface area contributed by atoms with Crippen LogP contribution in [0.4, 0.5) is 18.9 Å². The molecule has 3 heterocycles. The Morgan fingerprint density at radius 1 is 1.11 bits per heavy atom. The van der Waals surface area contributed by atoms with Crippen LogP contribution < -0.4 is 10.1 Å². The number of halogens is 4. The summed E-state index contributed by atoms with van der Waals surface area (Å²) in [6.45, 7) is 1.20. The van der Waals surface area contributed by atoms with Crippen molar-refractivity contribution in [3.05, 3.63) is 58.1 Å². The number of carbonyl (C=O) groups excluding carboxylic acids is 1. The van der Waals surface area contributed by atoms with E-state index >= 15 is 0 Å². The van der Waals surface area contributed by atoms with Crippen molar-refractivity contribution in [3.8, 4) is 5.75 Å². The second kappa shape index (κ2) is 9.14. The fourth-order valence-electron chi connectivity index (χ4n) is 5.43. The summed E-state index contributed by atoms with van der Waals surface area (Å²) in [5.41, 5.74) is -0.304. The molecule has 200 valence electrons. The lowest BCUT2D eigenvalue weighted by molar-refractivity contribution is -0.140. The van der Waals surface area contributed by atoms with E-state index in [1.807, 2.05) is 6.07 Å². The number of alkyl halides is 3. The summed E-state index contributed by atoms with van der Waals surface area (Å²) >= 11 is 6.16. The molecule has 0 radical (unpaired) electrons. The zero-order valence-electron chi connectivity index (χ0n) is 20.0. The van der Waals surface area contributed by atoms with E-state index in [1.54, 1.807) is 12.1 Å². The molecule has 1 N–H and O–H groups in total. The lowest BCUT2D eigenvalue weighted by atomic mass is 9.73. The highest BCUT2D eigenvalue weighted by molar-refractivity contribution is 7.91. The maximum atomic E-state index is 13.9. The Morgan fingerprint density at radius 3 is 2.41 bits per heavy atom. The van der Waals surface area contributed by atoms with Gasteiger partial charge in [-0.2, -0.15) is 13.2 Å². The van der Waals surface area contributed by atoms with Crippen molar-refractivity contribution in [1.82, 2.24) is 4.90 Å². The molecule has 2 aromatic carbocycles. The molecule has 0 unspecified atom stereocenters. The number of piperidine rings is 1. The van der Waals surface area contributed by atoms with Crippen LogP contribution in [0.5, 0.6) is 5.75 Å². The molecule has 3 aliphatic heterocycles. The predicted molar refractivity (Wildman–Crippen MR) is 132 cm³/mol. The maximum absolute atomic E-state index is 13.9. The van der Waals surface area contributed by atoms with E-state index in [0.717, 1.165) is 23.6 Å². The number of rotatable bonds is 6. The highest BCUT2D eigenvalue weighted by Gasteiger charge is 2.53. The van der Waals surface area contributed by atoms with E-state index in [9.17, 15) is 26.4 Å². The number of sulfone groups is 1. The molecule has 0 bridgehead atoms. The van der Waals surface area contributed by atoms with Crippen LogP contribution in [-0.2, 0) is 35.7 Å². The first-order valence-electron chi connectivity index (χ1n) is 11.8. The average Bonchev–Trinajstić information content (AvgIpc) is 3.04. The number of amides is 1. The quantitative estimate of drug-likeness (QED) is 0.577. The molecule has 2 saturated heterocycles. The SMILES string of the molecule is CS(=O)(=O)C1(c2ccc(OCCN3CCC4(CC3)C(=O)Nc3ccc(Cl)cc34)cc2C(F)(F)F)COC1. The summed E-state index contributed by atoms with van der Waals surface area (Å²) in [4.78, 5) is 14.9. The fourth-order valence-corrected chi connectivity index (χ4v) is 6.78. The molecule has 0 aliphatic carbocycles. The largest absolute Gasteiger partial charge is 0.492 e. The number of anilines is 1. The number of carbonyl (C=O) groups is 1. The highest BCUT2D eigenvalue weighted by Crippen LogP contribution is 2.47. The van der Waals surface area contributed by atoms with Gasteiger partial charge in [0.15, 0.2) is 9.84 Å². The van der Waals surface area contributed by atoms with Crippen LogP contribution in [0.1, 0.15) is 29.5 Å². The number of nitrogens with zero attached hydrogens (tertiary/aromatic N) is 1. The first-order chi connectivity index (χ1) is 17.4. The van der Waals surface area contributed by atoms with Gasteiger partial charge >= 0.3 is 6.18 Å². The van der Waals surface area contributed by atoms with Gasteiger partial charge in [0.2, 0.25) is 5.91 Å².